The Balaban J connectivity index is 1.32. The molecule has 1 aliphatic heterocycles. The van der Waals surface area contributed by atoms with E-state index < -0.39 is 6.10 Å². The zero-order chi connectivity index (χ0) is 23.8. The Bertz CT molecular complexity index is 1020. The molecule has 1 saturated heterocycles. The number of nitrogens with zero attached hydrogens (tertiary/aromatic N) is 2. The molecule has 1 amide bonds. The van der Waals surface area contributed by atoms with Gasteiger partial charge in [-0.3, -0.25) is 9.69 Å². The first-order valence-corrected chi connectivity index (χ1v) is 11.8. The molecule has 176 valence electrons. The normalized spacial score (nSPS) is 15.9. The minimum atomic E-state index is -0.956. The average molecular weight is 457 g/mol. The molecule has 1 atom stereocenters. The minimum absolute atomic E-state index is 0.0230. The predicted molar refractivity (Wildman–Crippen MR) is 135 cm³/mol. The molecule has 34 heavy (non-hydrogen) atoms. The number of rotatable bonds is 8. The summed E-state index contributed by atoms with van der Waals surface area (Å²) in [6.45, 7) is 2.91. The molecule has 2 N–H and O–H groups in total. The molecule has 4 rings (SSSR count). The number of amides is 1. The molecular formula is C29H32N2O3. The molecule has 0 saturated carbocycles. The van der Waals surface area contributed by atoms with Gasteiger partial charge in [0.15, 0.2) is 0 Å². The molecule has 0 radical (unpaired) electrons. The molecule has 3 aromatic carbocycles. The third kappa shape index (κ3) is 6.34. The lowest BCUT2D eigenvalue weighted by Crippen LogP contribution is -2.50. The highest BCUT2D eigenvalue weighted by atomic mass is 16.3. The maximum absolute atomic E-state index is 13.2. The van der Waals surface area contributed by atoms with Gasteiger partial charge in [-0.2, -0.15) is 0 Å². The van der Waals surface area contributed by atoms with Crippen LogP contribution in [0, 0.1) is 0 Å². The van der Waals surface area contributed by atoms with E-state index in [1.165, 1.54) is 0 Å². The molecule has 1 fully saturated rings. The number of hydrogen-bond donors (Lipinski definition) is 2. The van der Waals surface area contributed by atoms with Gasteiger partial charge >= 0.3 is 0 Å². The molecule has 0 spiro atoms. The largest absolute Gasteiger partial charge is 0.509 e. The second-order valence-corrected chi connectivity index (χ2v) is 8.76. The van der Waals surface area contributed by atoms with E-state index in [0.717, 1.165) is 16.7 Å². The Morgan fingerprint density at radius 2 is 1.29 bits per heavy atom. The van der Waals surface area contributed by atoms with Crippen LogP contribution in [0.15, 0.2) is 96.8 Å². The second-order valence-electron chi connectivity index (χ2n) is 8.76. The van der Waals surface area contributed by atoms with E-state index in [1.54, 1.807) is 6.08 Å². The molecule has 5 nitrogen and oxygen atoms in total. The SMILES string of the molecule is O=C(CC(c1ccccc1)c1ccccc1)N1CCN(CC(O)/C(O)=C/c2ccccc2)CC1. The quantitative estimate of drug-likeness (QED) is 0.496. The third-order valence-electron chi connectivity index (χ3n) is 6.39. The summed E-state index contributed by atoms with van der Waals surface area (Å²) in [5.41, 5.74) is 3.13. The van der Waals surface area contributed by atoms with Crippen LogP contribution in [0.5, 0.6) is 0 Å². The van der Waals surface area contributed by atoms with Gasteiger partial charge in [0.25, 0.3) is 0 Å². The average Bonchev–Trinajstić information content (AvgIpc) is 2.89. The lowest BCUT2D eigenvalue weighted by atomic mass is 9.88. The van der Waals surface area contributed by atoms with Crippen LogP contribution in [0.3, 0.4) is 0 Å². The van der Waals surface area contributed by atoms with Crippen molar-refractivity contribution >= 4 is 12.0 Å². The van der Waals surface area contributed by atoms with Crippen molar-refractivity contribution in [1.29, 1.82) is 0 Å². The maximum Gasteiger partial charge on any atom is 0.223 e. The first kappa shape index (κ1) is 23.7. The van der Waals surface area contributed by atoms with Crippen molar-refractivity contribution in [3.8, 4) is 0 Å². The topological polar surface area (TPSA) is 64.0 Å². The highest BCUT2D eigenvalue weighted by molar-refractivity contribution is 5.78. The third-order valence-corrected chi connectivity index (χ3v) is 6.39. The van der Waals surface area contributed by atoms with E-state index in [-0.39, 0.29) is 17.6 Å². The molecule has 0 aliphatic carbocycles. The van der Waals surface area contributed by atoms with Gasteiger partial charge in [0.05, 0.1) is 0 Å². The van der Waals surface area contributed by atoms with Crippen LogP contribution >= 0.6 is 0 Å². The number of β-amino-alcohol motifs (C(OH)–C–C–N with tert-alkyl or cyclic N) is 1. The van der Waals surface area contributed by atoms with Crippen LogP contribution in [-0.4, -0.2) is 64.7 Å². The maximum atomic E-state index is 13.2. The Hall–Kier alpha value is -3.41. The standard InChI is InChI=1S/C29H32N2O3/c32-27(20-23-10-4-1-5-11-23)28(33)22-30-16-18-31(19-17-30)29(34)21-26(24-12-6-2-7-13-24)25-14-8-3-9-15-25/h1-15,20,26,28,32-33H,16-19,21-22H2/b27-20-. The Labute approximate surface area is 201 Å². The summed E-state index contributed by atoms with van der Waals surface area (Å²) in [4.78, 5) is 17.2. The van der Waals surface area contributed by atoms with Crippen molar-refractivity contribution in [2.24, 2.45) is 0 Å². The number of aliphatic hydroxyl groups is 2. The highest BCUT2D eigenvalue weighted by Crippen LogP contribution is 2.28. The smallest absolute Gasteiger partial charge is 0.223 e. The number of aliphatic hydroxyl groups excluding tert-OH is 2. The lowest BCUT2D eigenvalue weighted by molar-refractivity contribution is -0.133. The van der Waals surface area contributed by atoms with Crippen molar-refractivity contribution in [3.63, 3.8) is 0 Å². The van der Waals surface area contributed by atoms with E-state index in [0.29, 0.717) is 39.1 Å². The summed E-state index contributed by atoms with van der Waals surface area (Å²) in [7, 11) is 0. The van der Waals surface area contributed by atoms with Crippen molar-refractivity contribution in [2.45, 2.75) is 18.4 Å². The Morgan fingerprint density at radius 3 is 1.82 bits per heavy atom. The van der Waals surface area contributed by atoms with Gasteiger partial charge in [-0.25, -0.2) is 0 Å². The summed E-state index contributed by atoms with van der Waals surface area (Å²) in [5.74, 6) is 0.123. The fourth-order valence-corrected chi connectivity index (χ4v) is 4.44. The van der Waals surface area contributed by atoms with Gasteiger partial charge in [0.1, 0.15) is 11.9 Å². The second kappa shape index (κ2) is 11.6. The predicted octanol–water partition coefficient (Wildman–Crippen LogP) is 4.31. The van der Waals surface area contributed by atoms with E-state index in [2.05, 4.69) is 29.2 Å². The van der Waals surface area contributed by atoms with Crippen LogP contribution in [0.4, 0.5) is 0 Å². The van der Waals surface area contributed by atoms with Crippen molar-refractivity contribution in [1.82, 2.24) is 9.80 Å². The van der Waals surface area contributed by atoms with Crippen LogP contribution in [0.25, 0.3) is 6.08 Å². The molecule has 1 unspecified atom stereocenters. The van der Waals surface area contributed by atoms with E-state index in [9.17, 15) is 15.0 Å². The van der Waals surface area contributed by atoms with E-state index in [4.69, 9.17) is 0 Å². The minimum Gasteiger partial charge on any atom is -0.509 e. The van der Waals surface area contributed by atoms with E-state index in [1.807, 2.05) is 71.6 Å². The first-order chi connectivity index (χ1) is 16.6. The molecule has 1 aliphatic rings. The van der Waals surface area contributed by atoms with Crippen molar-refractivity contribution in [2.75, 3.05) is 32.7 Å². The fourth-order valence-electron chi connectivity index (χ4n) is 4.44. The van der Waals surface area contributed by atoms with Crippen LogP contribution in [-0.2, 0) is 4.79 Å². The van der Waals surface area contributed by atoms with Gasteiger partial charge in [0, 0.05) is 45.1 Å². The Kier molecular flexibility index (Phi) is 8.12. The molecular weight excluding hydrogens is 424 g/mol. The number of carbonyl (C=O) groups excluding carboxylic acids is 1. The summed E-state index contributed by atoms with van der Waals surface area (Å²) in [6, 6.07) is 29.8. The van der Waals surface area contributed by atoms with Crippen LogP contribution in [0.1, 0.15) is 29.0 Å². The highest BCUT2D eigenvalue weighted by Gasteiger charge is 2.26. The first-order valence-electron chi connectivity index (χ1n) is 11.8. The lowest BCUT2D eigenvalue weighted by Gasteiger charge is -2.36. The van der Waals surface area contributed by atoms with Crippen molar-refractivity contribution in [3.05, 3.63) is 113 Å². The van der Waals surface area contributed by atoms with Crippen molar-refractivity contribution < 1.29 is 15.0 Å². The summed E-state index contributed by atoms with van der Waals surface area (Å²) in [6.07, 6.45) is 1.07. The van der Waals surface area contributed by atoms with Gasteiger partial charge in [0.2, 0.25) is 5.91 Å². The number of hydrogen-bond acceptors (Lipinski definition) is 4. The van der Waals surface area contributed by atoms with Gasteiger partial charge in [-0.1, -0.05) is 91.0 Å². The molecule has 0 aromatic heterocycles. The molecule has 3 aromatic rings. The van der Waals surface area contributed by atoms with Gasteiger partial charge in [-0.05, 0) is 22.8 Å². The Morgan fingerprint density at radius 1 is 0.794 bits per heavy atom. The van der Waals surface area contributed by atoms with Crippen LogP contribution < -0.4 is 0 Å². The zero-order valence-corrected chi connectivity index (χ0v) is 19.3. The van der Waals surface area contributed by atoms with Gasteiger partial charge in [-0.15, -0.1) is 0 Å². The monoisotopic (exact) mass is 456 g/mol. The molecule has 5 heteroatoms. The van der Waals surface area contributed by atoms with Crippen LogP contribution in [0.2, 0.25) is 0 Å². The summed E-state index contributed by atoms with van der Waals surface area (Å²) >= 11 is 0. The van der Waals surface area contributed by atoms with E-state index >= 15 is 0 Å². The summed E-state index contributed by atoms with van der Waals surface area (Å²) < 4.78 is 0. The number of carbonyl (C=O) groups is 1. The summed E-state index contributed by atoms with van der Waals surface area (Å²) in [5, 5.41) is 20.7. The number of piperazine rings is 1. The zero-order valence-electron chi connectivity index (χ0n) is 19.3. The van der Waals surface area contributed by atoms with Gasteiger partial charge < -0.3 is 15.1 Å². The molecule has 0 bridgehead atoms. The number of benzene rings is 3. The fraction of sp³-hybridized carbons (Fsp3) is 0.276. The molecule has 1 heterocycles.